The standard InChI is InChI=1S/C9H18N2O3/c1-2-7-3-4-10-9(11-7)14-6-8(13)5-12/h3,8-13H,2,4-6H2,1H3. The first kappa shape index (κ1) is 11.5. The first-order valence-corrected chi connectivity index (χ1v) is 4.85. The van der Waals surface area contributed by atoms with Crippen LogP contribution in [0.3, 0.4) is 0 Å². The molecule has 1 rings (SSSR count). The van der Waals surface area contributed by atoms with Gasteiger partial charge in [0.2, 0.25) is 0 Å². The van der Waals surface area contributed by atoms with Crippen molar-refractivity contribution in [1.29, 1.82) is 0 Å². The summed E-state index contributed by atoms with van der Waals surface area (Å²) in [5.74, 6) is 0. The van der Waals surface area contributed by atoms with Gasteiger partial charge in [-0.25, -0.2) is 0 Å². The fraction of sp³-hybridized carbons (Fsp3) is 0.778. The molecule has 2 unspecified atom stereocenters. The SMILES string of the molecule is CCC1=CCNC(OCC(O)CO)N1. The zero-order valence-corrected chi connectivity index (χ0v) is 8.36. The molecule has 0 amide bonds. The van der Waals surface area contributed by atoms with E-state index in [9.17, 15) is 0 Å². The molecule has 4 N–H and O–H groups in total. The molecule has 2 atom stereocenters. The highest BCUT2D eigenvalue weighted by molar-refractivity contribution is 5.03. The van der Waals surface area contributed by atoms with Crippen LogP contribution >= 0.6 is 0 Å². The normalized spacial score (nSPS) is 23.9. The Morgan fingerprint density at radius 2 is 2.50 bits per heavy atom. The van der Waals surface area contributed by atoms with Gasteiger partial charge in [0.1, 0.15) is 6.10 Å². The van der Waals surface area contributed by atoms with Crippen molar-refractivity contribution in [2.45, 2.75) is 25.8 Å². The Morgan fingerprint density at radius 3 is 3.14 bits per heavy atom. The first-order valence-electron chi connectivity index (χ1n) is 4.85. The maximum Gasteiger partial charge on any atom is 0.184 e. The molecule has 0 saturated carbocycles. The van der Waals surface area contributed by atoms with E-state index in [1.807, 2.05) is 0 Å². The molecule has 0 aliphatic carbocycles. The van der Waals surface area contributed by atoms with E-state index >= 15 is 0 Å². The number of ether oxygens (including phenoxy) is 1. The van der Waals surface area contributed by atoms with Gasteiger partial charge in [0.25, 0.3) is 0 Å². The van der Waals surface area contributed by atoms with Crippen molar-refractivity contribution < 1.29 is 14.9 Å². The molecular weight excluding hydrogens is 184 g/mol. The molecule has 0 aromatic heterocycles. The summed E-state index contributed by atoms with van der Waals surface area (Å²) >= 11 is 0. The quantitative estimate of drug-likeness (QED) is 0.466. The van der Waals surface area contributed by atoms with Crippen molar-refractivity contribution >= 4 is 0 Å². The lowest BCUT2D eigenvalue weighted by Gasteiger charge is -2.27. The molecule has 0 radical (unpaired) electrons. The van der Waals surface area contributed by atoms with Gasteiger partial charge in [0.05, 0.1) is 13.2 Å². The van der Waals surface area contributed by atoms with Crippen LogP contribution in [-0.2, 0) is 4.74 Å². The summed E-state index contributed by atoms with van der Waals surface area (Å²) in [4.78, 5) is 0. The predicted octanol–water partition coefficient (Wildman–Crippen LogP) is -0.873. The van der Waals surface area contributed by atoms with E-state index in [1.54, 1.807) is 0 Å². The van der Waals surface area contributed by atoms with E-state index in [0.717, 1.165) is 18.7 Å². The van der Waals surface area contributed by atoms with Crippen molar-refractivity contribution in [3.05, 3.63) is 11.8 Å². The second-order valence-electron chi connectivity index (χ2n) is 3.19. The number of aliphatic hydroxyl groups is 2. The van der Waals surface area contributed by atoms with Crippen LogP contribution in [0.1, 0.15) is 13.3 Å². The highest BCUT2D eigenvalue weighted by Gasteiger charge is 2.13. The molecule has 0 aromatic carbocycles. The molecule has 14 heavy (non-hydrogen) atoms. The number of nitrogens with one attached hydrogen (secondary N) is 2. The molecule has 1 heterocycles. The minimum atomic E-state index is -0.811. The zero-order chi connectivity index (χ0) is 10.4. The second kappa shape index (κ2) is 5.98. The lowest BCUT2D eigenvalue weighted by Crippen LogP contribution is -2.48. The lowest BCUT2D eigenvalue weighted by molar-refractivity contribution is -0.0502. The fourth-order valence-corrected chi connectivity index (χ4v) is 1.17. The van der Waals surface area contributed by atoms with Crippen LogP contribution in [0, 0.1) is 0 Å². The van der Waals surface area contributed by atoms with Gasteiger partial charge in [-0.1, -0.05) is 13.0 Å². The topological polar surface area (TPSA) is 73.8 Å². The average molecular weight is 202 g/mol. The molecule has 0 saturated heterocycles. The summed E-state index contributed by atoms with van der Waals surface area (Å²) in [6.07, 6.45) is 1.91. The number of rotatable bonds is 5. The van der Waals surface area contributed by atoms with E-state index in [-0.39, 0.29) is 19.6 Å². The van der Waals surface area contributed by atoms with Crippen LogP contribution in [0.5, 0.6) is 0 Å². The summed E-state index contributed by atoms with van der Waals surface area (Å²) in [5, 5.41) is 23.8. The van der Waals surface area contributed by atoms with Gasteiger partial charge < -0.3 is 20.3 Å². The Balaban J connectivity index is 2.23. The number of allylic oxidation sites excluding steroid dienone is 1. The third kappa shape index (κ3) is 3.63. The van der Waals surface area contributed by atoms with Gasteiger partial charge in [0, 0.05) is 12.2 Å². The summed E-state index contributed by atoms with van der Waals surface area (Å²) in [6.45, 7) is 2.67. The monoisotopic (exact) mass is 202 g/mol. The Bertz CT molecular complexity index is 196. The summed E-state index contributed by atoms with van der Waals surface area (Å²) in [5.41, 5.74) is 1.13. The van der Waals surface area contributed by atoms with Gasteiger partial charge in [-0.15, -0.1) is 0 Å². The summed E-state index contributed by atoms with van der Waals surface area (Å²) < 4.78 is 5.29. The number of hydrogen-bond acceptors (Lipinski definition) is 5. The van der Waals surface area contributed by atoms with Gasteiger partial charge in [-0.05, 0) is 6.42 Å². The van der Waals surface area contributed by atoms with E-state index in [4.69, 9.17) is 14.9 Å². The van der Waals surface area contributed by atoms with Gasteiger partial charge in [-0.3, -0.25) is 5.32 Å². The molecule has 5 nitrogen and oxygen atoms in total. The van der Waals surface area contributed by atoms with Crippen LogP contribution in [0.15, 0.2) is 11.8 Å². The molecule has 0 fully saturated rings. The molecule has 0 spiro atoms. The van der Waals surface area contributed by atoms with Crippen molar-refractivity contribution in [3.8, 4) is 0 Å². The molecule has 0 bridgehead atoms. The van der Waals surface area contributed by atoms with E-state index in [2.05, 4.69) is 23.6 Å². The Morgan fingerprint density at radius 1 is 1.71 bits per heavy atom. The van der Waals surface area contributed by atoms with Gasteiger partial charge in [-0.2, -0.15) is 0 Å². The highest BCUT2D eigenvalue weighted by Crippen LogP contribution is 2.02. The number of aliphatic hydroxyl groups excluding tert-OH is 2. The van der Waals surface area contributed by atoms with Crippen LogP contribution in [0.2, 0.25) is 0 Å². The Hall–Kier alpha value is -0.620. The molecule has 0 aromatic rings. The maximum atomic E-state index is 9.07. The molecular formula is C9H18N2O3. The summed E-state index contributed by atoms with van der Waals surface area (Å²) in [7, 11) is 0. The molecule has 5 heteroatoms. The van der Waals surface area contributed by atoms with Crippen LogP contribution in [-0.4, -0.2) is 42.4 Å². The molecule has 82 valence electrons. The van der Waals surface area contributed by atoms with Crippen molar-refractivity contribution in [2.24, 2.45) is 0 Å². The van der Waals surface area contributed by atoms with E-state index in [1.165, 1.54) is 0 Å². The fourth-order valence-electron chi connectivity index (χ4n) is 1.17. The van der Waals surface area contributed by atoms with Gasteiger partial charge in [0.15, 0.2) is 6.35 Å². The van der Waals surface area contributed by atoms with E-state index < -0.39 is 6.10 Å². The van der Waals surface area contributed by atoms with Gasteiger partial charge >= 0.3 is 0 Å². The lowest BCUT2D eigenvalue weighted by atomic mass is 10.3. The highest BCUT2D eigenvalue weighted by atomic mass is 16.5. The van der Waals surface area contributed by atoms with E-state index in [0.29, 0.717) is 0 Å². The maximum absolute atomic E-state index is 9.07. The van der Waals surface area contributed by atoms with Crippen molar-refractivity contribution in [3.63, 3.8) is 0 Å². The van der Waals surface area contributed by atoms with Crippen molar-refractivity contribution in [2.75, 3.05) is 19.8 Å². The third-order valence-electron chi connectivity index (χ3n) is 2.02. The average Bonchev–Trinajstić information content (AvgIpc) is 2.26. The van der Waals surface area contributed by atoms with Crippen LogP contribution < -0.4 is 10.6 Å². The zero-order valence-electron chi connectivity index (χ0n) is 8.36. The molecule has 1 aliphatic heterocycles. The largest absolute Gasteiger partial charge is 0.394 e. The minimum absolute atomic E-state index is 0.123. The smallest absolute Gasteiger partial charge is 0.184 e. The first-order chi connectivity index (χ1) is 6.76. The molecule has 1 aliphatic rings. The Labute approximate surface area is 83.8 Å². The van der Waals surface area contributed by atoms with Crippen molar-refractivity contribution in [1.82, 2.24) is 10.6 Å². The minimum Gasteiger partial charge on any atom is -0.394 e. The number of hydrogen-bond donors (Lipinski definition) is 4. The summed E-state index contributed by atoms with van der Waals surface area (Å²) in [6, 6.07) is 0. The van der Waals surface area contributed by atoms with Crippen LogP contribution in [0.4, 0.5) is 0 Å². The third-order valence-corrected chi connectivity index (χ3v) is 2.02. The Kier molecular flexibility index (Phi) is 4.89. The predicted molar refractivity (Wildman–Crippen MR) is 52.3 cm³/mol. The second-order valence-corrected chi connectivity index (χ2v) is 3.19. The van der Waals surface area contributed by atoms with Crippen LogP contribution in [0.25, 0.3) is 0 Å².